The fraction of sp³-hybridized carbons (Fsp3) is 0.176. The lowest BCUT2D eigenvalue weighted by atomic mass is 10.2. The van der Waals surface area contributed by atoms with Gasteiger partial charge in [-0.05, 0) is 30.7 Å². The molecule has 0 amide bonds. The Bertz CT molecular complexity index is 874. The van der Waals surface area contributed by atoms with Crippen LogP contribution in [-0.4, -0.2) is 27.0 Å². The van der Waals surface area contributed by atoms with Crippen LogP contribution in [0.15, 0.2) is 58.5 Å². The van der Waals surface area contributed by atoms with E-state index in [1.165, 1.54) is 11.8 Å². The molecule has 0 bridgehead atoms. The summed E-state index contributed by atoms with van der Waals surface area (Å²) >= 11 is 1.38. The molecule has 22 heavy (non-hydrogen) atoms. The quantitative estimate of drug-likeness (QED) is 0.594. The molecule has 0 unspecified atom stereocenters. The summed E-state index contributed by atoms with van der Waals surface area (Å²) in [5.41, 5.74) is 2.43. The SMILES string of the molecule is Cc1ccccc1-n1c(SCCO)nc2ccccc2c1=O. The minimum atomic E-state index is -0.0830. The number of para-hydroxylation sites is 2. The van der Waals surface area contributed by atoms with E-state index in [2.05, 4.69) is 4.98 Å². The van der Waals surface area contributed by atoms with Gasteiger partial charge in [-0.15, -0.1) is 0 Å². The number of aryl methyl sites for hydroxylation is 1. The van der Waals surface area contributed by atoms with E-state index in [9.17, 15) is 4.79 Å². The Morgan fingerprint density at radius 2 is 1.86 bits per heavy atom. The van der Waals surface area contributed by atoms with E-state index in [4.69, 9.17) is 5.11 Å². The molecule has 0 radical (unpaired) electrons. The van der Waals surface area contributed by atoms with Crippen molar-refractivity contribution in [2.45, 2.75) is 12.1 Å². The number of aromatic nitrogens is 2. The number of nitrogens with zero attached hydrogens (tertiary/aromatic N) is 2. The Balaban J connectivity index is 2.33. The second kappa shape index (κ2) is 6.34. The highest BCUT2D eigenvalue weighted by Gasteiger charge is 2.14. The van der Waals surface area contributed by atoms with Crippen LogP contribution in [0.25, 0.3) is 16.6 Å². The number of fused-ring (bicyclic) bond motifs is 1. The maximum Gasteiger partial charge on any atom is 0.266 e. The topological polar surface area (TPSA) is 55.1 Å². The predicted molar refractivity (Wildman–Crippen MR) is 89.9 cm³/mol. The van der Waals surface area contributed by atoms with Crippen molar-refractivity contribution >= 4 is 22.7 Å². The van der Waals surface area contributed by atoms with Gasteiger partial charge in [-0.2, -0.15) is 0 Å². The van der Waals surface area contributed by atoms with Crippen LogP contribution in [0.1, 0.15) is 5.56 Å². The van der Waals surface area contributed by atoms with Crippen molar-refractivity contribution in [3.63, 3.8) is 0 Å². The van der Waals surface area contributed by atoms with Gasteiger partial charge in [0.1, 0.15) is 0 Å². The minimum Gasteiger partial charge on any atom is -0.396 e. The van der Waals surface area contributed by atoms with Gasteiger partial charge in [-0.1, -0.05) is 42.1 Å². The van der Waals surface area contributed by atoms with Gasteiger partial charge in [-0.3, -0.25) is 9.36 Å². The van der Waals surface area contributed by atoms with Crippen molar-refractivity contribution in [2.24, 2.45) is 0 Å². The van der Waals surface area contributed by atoms with Crippen LogP contribution in [0.3, 0.4) is 0 Å². The highest BCUT2D eigenvalue weighted by Crippen LogP contribution is 2.22. The van der Waals surface area contributed by atoms with Gasteiger partial charge in [0.15, 0.2) is 5.16 Å². The van der Waals surface area contributed by atoms with Crippen LogP contribution < -0.4 is 5.56 Å². The third-order valence-corrected chi connectivity index (χ3v) is 4.34. The van der Waals surface area contributed by atoms with E-state index in [1.807, 2.05) is 49.4 Å². The third kappa shape index (κ3) is 2.65. The van der Waals surface area contributed by atoms with Gasteiger partial charge >= 0.3 is 0 Å². The number of aliphatic hydroxyl groups is 1. The molecule has 1 heterocycles. The number of hydrogen-bond acceptors (Lipinski definition) is 4. The summed E-state index contributed by atoms with van der Waals surface area (Å²) in [6, 6.07) is 15.1. The van der Waals surface area contributed by atoms with E-state index in [0.29, 0.717) is 21.8 Å². The van der Waals surface area contributed by atoms with Gasteiger partial charge in [-0.25, -0.2) is 4.98 Å². The van der Waals surface area contributed by atoms with E-state index < -0.39 is 0 Å². The van der Waals surface area contributed by atoms with Gasteiger partial charge in [0, 0.05) is 5.75 Å². The Hall–Kier alpha value is -2.11. The van der Waals surface area contributed by atoms with Gasteiger partial charge in [0.05, 0.1) is 23.2 Å². The minimum absolute atomic E-state index is 0.0428. The van der Waals surface area contributed by atoms with Crippen LogP contribution in [0.5, 0.6) is 0 Å². The molecule has 1 aromatic heterocycles. The van der Waals surface area contributed by atoms with Gasteiger partial charge < -0.3 is 5.11 Å². The lowest BCUT2D eigenvalue weighted by Gasteiger charge is -2.14. The van der Waals surface area contributed by atoms with E-state index in [1.54, 1.807) is 10.6 Å². The zero-order valence-electron chi connectivity index (χ0n) is 12.2. The summed E-state index contributed by atoms with van der Waals surface area (Å²) in [5, 5.41) is 10.3. The molecule has 1 N–H and O–H groups in total. The summed E-state index contributed by atoms with van der Waals surface area (Å²) in [4.78, 5) is 17.5. The molecule has 0 saturated heterocycles. The summed E-state index contributed by atoms with van der Waals surface area (Å²) < 4.78 is 1.64. The Morgan fingerprint density at radius 1 is 1.14 bits per heavy atom. The van der Waals surface area contributed by atoms with Crippen LogP contribution in [0.2, 0.25) is 0 Å². The molecule has 2 aromatic carbocycles. The van der Waals surface area contributed by atoms with Crippen LogP contribution >= 0.6 is 11.8 Å². The third-order valence-electron chi connectivity index (χ3n) is 3.42. The van der Waals surface area contributed by atoms with E-state index >= 15 is 0 Å². The first-order chi connectivity index (χ1) is 10.7. The van der Waals surface area contributed by atoms with Gasteiger partial charge in [0.2, 0.25) is 0 Å². The summed E-state index contributed by atoms with van der Waals surface area (Å²) in [6.45, 7) is 2.01. The number of rotatable bonds is 4. The van der Waals surface area contributed by atoms with Crippen LogP contribution in [-0.2, 0) is 0 Å². The second-order valence-corrected chi connectivity index (χ2v) is 5.97. The molecule has 4 nitrogen and oxygen atoms in total. The zero-order chi connectivity index (χ0) is 15.5. The van der Waals surface area contributed by atoms with Crippen molar-refractivity contribution in [3.05, 3.63) is 64.4 Å². The van der Waals surface area contributed by atoms with E-state index in [-0.39, 0.29) is 12.2 Å². The highest BCUT2D eigenvalue weighted by molar-refractivity contribution is 7.99. The predicted octanol–water partition coefficient (Wildman–Crippen LogP) is 2.78. The Labute approximate surface area is 132 Å². The molecule has 0 aliphatic carbocycles. The molecule has 112 valence electrons. The summed E-state index contributed by atoms with van der Waals surface area (Å²) in [7, 11) is 0. The lowest BCUT2D eigenvalue weighted by molar-refractivity contribution is 0.322. The monoisotopic (exact) mass is 312 g/mol. The molecule has 0 fully saturated rings. The Kier molecular flexibility index (Phi) is 4.27. The molecule has 3 aromatic rings. The first-order valence-corrected chi connectivity index (χ1v) is 8.02. The largest absolute Gasteiger partial charge is 0.396 e. The normalized spacial score (nSPS) is 11.0. The average molecular weight is 312 g/mol. The molecule has 0 aliphatic heterocycles. The lowest BCUT2D eigenvalue weighted by Crippen LogP contribution is -2.22. The molecule has 0 atom stereocenters. The first-order valence-electron chi connectivity index (χ1n) is 7.04. The second-order valence-electron chi connectivity index (χ2n) is 4.91. The molecule has 5 heteroatoms. The standard InChI is InChI=1S/C17H16N2O2S/c1-12-6-2-5-9-15(12)19-16(21)13-7-3-4-8-14(13)18-17(19)22-11-10-20/h2-9,20H,10-11H2,1H3. The summed E-state index contributed by atoms with van der Waals surface area (Å²) in [6.07, 6.45) is 0. The van der Waals surface area contributed by atoms with Crippen LogP contribution in [0, 0.1) is 6.92 Å². The Morgan fingerprint density at radius 3 is 2.64 bits per heavy atom. The van der Waals surface area contributed by atoms with Crippen LogP contribution in [0.4, 0.5) is 0 Å². The molecule has 0 saturated carbocycles. The van der Waals surface area contributed by atoms with Crippen molar-refractivity contribution < 1.29 is 5.11 Å². The molecule has 0 spiro atoms. The molecule has 3 rings (SSSR count). The first kappa shape index (κ1) is 14.8. The van der Waals surface area contributed by atoms with Gasteiger partial charge in [0.25, 0.3) is 5.56 Å². The average Bonchev–Trinajstić information content (AvgIpc) is 2.54. The number of hydrogen-bond donors (Lipinski definition) is 1. The zero-order valence-corrected chi connectivity index (χ0v) is 13.0. The smallest absolute Gasteiger partial charge is 0.266 e. The van der Waals surface area contributed by atoms with Crippen molar-refractivity contribution in [1.29, 1.82) is 0 Å². The van der Waals surface area contributed by atoms with Crippen molar-refractivity contribution in [1.82, 2.24) is 9.55 Å². The molecule has 0 aliphatic rings. The van der Waals surface area contributed by atoms with Crippen molar-refractivity contribution in [2.75, 3.05) is 12.4 Å². The number of thioether (sulfide) groups is 1. The number of benzene rings is 2. The fourth-order valence-corrected chi connectivity index (χ4v) is 3.12. The van der Waals surface area contributed by atoms with E-state index in [0.717, 1.165) is 11.3 Å². The summed E-state index contributed by atoms with van der Waals surface area (Å²) in [5.74, 6) is 0.497. The molecular formula is C17H16N2O2S. The maximum absolute atomic E-state index is 12.9. The number of aliphatic hydroxyl groups excluding tert-OH is 1. The maximum atomic E-state index is 12.9. The molecular weight excluding hydrogens is 296 g/mol. The van der Waals surface area contributed by atoms with Crippen molar-refractivity contribution in [3.8, 4) is 5.69 Å². The fourth-order valence-electron chi connectivity index (χ4n) is 2.37. The highest BCUT2D eigenvalue weighted by atomic mass is 32.2.